The fourth-order valence-corrected chi connectivity index (χ4v) is 2.00. The quantitative estimate of drug-likeness (QED) is 0.438. The average Bonchev–Trinajstić information content (AvgIpc) is 2.03. The van der Waals surface area contributed by atoms with Gasteiger partial charge in [-0.05, 0) is 35.8 Å². The van der Waals surface area contributed by atoms with Gasteiger partial charge in [0.25, 0.3) is 0 Å². The third-order valence-corrected chi connectivity index (χ3v) is 3.13. The second-order valence-corrected chi connectivity index (χ2v) is 5.23. The normalized spacial score (nSPS) is 24.6. The van der Waals surface area contributed by atoms with Gasteiger partial charge in [-0.15, -0.1) is 0 Å². The van der Waals surface area contributed by atoms with Crippen molar-refractivity contribution >= 4 is 17.0 Å². The molecular formula is C10H18ClNO. The van der Waals surface area contributed by atoms with Gasteiger partial charge in [-0.25, -0.2) is 0 Å². The van der Waals surface area contributed by atoms with Gasteiger partial charge >= 0.3 is 5.37 Å². The summed E-state index contributed by atoms with van der Waals surface area (Å²) in [6.07, 6.45) is 2.30. The number of rotatable bonds is 0. The molecule has 1 atom stereocenters. The van der Waals surface area contributed by atoms with Crippen molar-refractivity contribution in [1.82, 2.24) is 4.90 Å². The summed E-state index contributed by atoms with van der Waals surface area (Å²) in [6.45, 7) is 8.32. The molecule has 0 aliphatic carbocycles. The second kappa shape index (κ2) is 3.87. The maximum absolute atomic E-state index is 11.0. The largest absolute Gasteiger partial charge is 0.329 e. The summed E-state index contributed by atoms with van der Waals surface area (Å²) in [6, 6.07) is 0. The van der Waals surface area contributed by atoms with E-state index in [4.69, 9.17) is 11.6 Å². The molecule has 1 fully saturated rings. The van der Waals surface area contributed by atoms with Crippen LogP contribution in [0, 0.1) is 11.3 Å². The Balaban J connectivity index is 2.57. The van der Waals surface area contributed by atoms with Gasteiger partial charge in [-0.3, -0.25) is 4.79 Å². The monoisotopic (exact) mass is 203 g/mol. The van der Waals surface area contributed by atoms with Crippen LogP contribution in [0.1, 0.15) is 33.6 Å². The van der Waals surface area contributed by atoms with E-state index in [1.807, 2.05) is 0 Å². The Bertz CT molecular complexity index is 198. The highest BCUT2D eigenvalue weighted by Gasteiger charge is 2.30. The molecule has 2 nitrogen and oxygen atoms in total. The van der Waals surface area contributed by atoms with Crippen molar-refractivity contribution in [2.24, 2.45) is 11.3 Å². The molecule has 0 spiro atoms. The molecule has 76 valence electrons. The molecule has 1 saturated heterocycles. The summed E-state index contributed by atoms with van der Waals surface area (Å²) in [5.41, 5.74) is 0.283. The number of piperidine rings is 1. The van der Waals surface area contributed by atoms with E-state index in [0.717, 1.165) is 19.5 Å². The number of hydrogen-bond acceptors (Lipinski definition) is 1. The molecule has 0 aromatic rings. The highest BCUT2D eigenvalue weighted by atomic mass is 35.5. The molecule has 0 aromatic carbocycles. The van der Waals surface area contributed by atoms with Crippen LogP contribution in [0.25, 0.3) is 0 Å². The number of carbonyl (C=O) groups excluding carboxylic acids is 1. The van der Waals surface area contributed by atoms with Crippen LogP contribution in [0.5, 0.6) is 0 Å². The highest BCUT2D eigenvalue weighted by molar-refractivity contribution is 6.62. The lowest BCUT2D eigenvalue weighted by Crippen LogP contribution is -2.41. The van der Waals surface area contributed by atoms with Crippen molar-refractivity contribution in [2.45, 2.75) is 33.6 Å². The van der Waals surface area contributed by atoms with Crippen LogP contribution in [-0.2, 0) is 0 Å². The standard InChI is InChI=1S/C10H18ClNO/c1-10(2,3)8-5-4-6-12(7-8)9(11)13/h8H,4-7H2,1-3H3. The molecule has 1 heterocycles. The number of likely N-dealkylation sites (tertiary alicyclic amines) is 1. The van der Waals surface area contributed by atoms with Crippen molar-refractivity contribution < 1.29 is 4.79 Å². The Kier molecular flexibility index (Phi) is 3.23. The van der Waals surface area contributed by atoms with E-state index in [2.05, 4.69) is 20.8 Å². The van der Waals surface area contributed by atoms with Gasteiger partial charge < -0.3 is 4.90 Å². The molecule has 0 aromatic heterocycles. The molecule has 1 unspecified atom stereocenters. The lowest BCUT2D eigenvalue weighted by molar-refractivity contribution is 0.123. The fraction of sp³-hybridized carbons (Fsp3) is 0.900. The summed E-state index contributed by atoms with van der Waals surface area (Å²) >= 11 is 5.46. The summed E-state index contributed by atoms with van der Waals surface area (Å²) in [4.78, 5) is 12.7. The van der Waals surface area contributed by atoms with Crippen molar-refractivity contribution in [3.63, 3.8) is 0 Å². The van der Waals surface area contributed by atoms with Gasteiger partial charge in [0.05, 0.1) is 0 Å². The number of nitrogens with zero attached hydrogens (tertiary/aromatic N) is 1. The van der Waals surface area contributed by atoms with E-state index in [0.29, 0.717) is 5.92 Å². The first-order chi connectivity index (χ1) is 5.91. The Labute approximate surface area is 85.2 Å². The van der Waals surface area contributed by atoms with E-state index in [1.165, 1.54) is 6.42 Å². The molecule has 13 heavy (non-hydrogen) atoms. The van der Waals surface area contributed by atoms with Crippen LogP contribution in [0.2, 0.25) is 0 Å². The van der Waals surface area contributed by atoms with Crippen molar-refractivity contribution in [3.05, 3.63) is 0 Å². The molecular weight excluding hydrogens is 186 g/mol. The zero-order valence-corrected chi connectivity index (χ0v) is 9.40. The molecule has 0 radical (unpaired) electrons. The van der Waals surface area contributed by atoms with Gasteiger partial charge in [0, 0.05) is 13.1 Å². The number of amides is 1. The van der Waals surface area contributed by atoms with E-state index in [9.17, 15) is 4.79 Å². The summed E-state index contributed by atoms with van der Waals surface area (Å²) in [5.74, 6) is 0.587. The first kappa shape index (κ1) is 10.8. The topological polar surface area (TPSA) is 20.3 Å². The van der Waals surface area contributed by atoms with Crippen LogP contribution >= 0.6 is 11.6 Å². The number of carbonyl (C=O) groups is 1. The summed E-state index contributed by atoms with van der Waals surface area (Å²) in [7, 11) is 0. The van der Waals surface area contributed by atoms with E-state index in [-0.39, 0.29) is 10.8 Å². The predicted molar refractivity (Wildman–Crippen MR) is 55.0 cm³/mol. The van der Waals surface area contributed by atoms with Gasteiger partial charge in [0.1, 0.15) is 0 Å². The van der Waals surface area contributed by atoms with Gasteiger partial charge in [-0.2, -0.15) is 0 Å². The smallest absolute Gasteiger partial charge is 0.316 e. The van der Waals surface area contributed by atoms with Gasteiger partial charge in [-0.1, -0.05) is 20.8 Å². The highest BCUT2D eigenvalue weighted by Crippen LogP contribution is 2.33. The molecule has 1 aliphatic rings. The molecule has 1 aliphatic heterocycles. The average molecular weight is 204 g/mol. The number of halogens is 1. The van der Waals surface area contributed by atoms with Crippen LogP contribution < -0.4 is 0 Å². The maximum Gasteiger partial charge on any atom is 0.316 e. The molecule has 3 heteroatoms. The molecule has 0 bridgehead atoms. The lowest BCUT2D eigenvalue weighted by Gasteiger charge is -2.38. The third kappa shape index (κ3) is 2.87. The van der Waals surface area contributed by atoms with Crippen LogP contribution in [0.3, 0.4) is 0 Å². The Morgan fingerprint density at radius 1 is 1.46 bits per heavy atom. The molecule has 1 amide bonds. The molecule has 0 N–H and O–H groups in total. The second-order valence-electron chi connectivity index (χ2n) is 4.90. The van der Waals surface area contributed by atoms with E-state index < -0.39 is 0 Å². The molecule has 0 saturated carbocycles. The fourth-order valence-electron chi connectivity index (χ4n) is 1.84. The van der Waals surface area contributed by atoms with Gasteiger partial charge in [0.15, 0.2) is 0 Å². The van der Waals surface area contributed by atoms with Gasteiger partial charge in [0.2, 0.25) is 0 Å². The van der Waals surface area contributed by atoms with Crippen LogP contribution in [0.15, 0.2) is 0 Å². The minimum atomic E-state index is -0.297. The maximum atomic E-state index is 11.0. The Morgan fingerprint density at radius 3 is 2.54 bits per heavy atom. The first-order valence-corrected chi connectivity index (χ1v) is 5.23. The SMILES string of the molecule is CC(C)(C)C1CCCN(C(=O)Cl)C1. The zero-order valence-electron chi connectivity index (χ0n) is 8.64. The third-order valence-electron chi connectivity index (χ3n) is 2.89. The van der Waals surface area contributed by atoms with E-state index in [1.54, 1.807) is 4.90 Å². The minimum Gasteiger partial charge on any atom is -0.329 e. The molecule has 1 rings (SSSR count). The van der Waals surface area contributed by atoms with Crippen molar-refractivity contribution in [3.8, 4) is 0 Å². The zero-order chi connectivity index (χ0) is 10.1. The summed E-state index contributed by atoms with van der Waals surface area (Å²) in [5, 5.41) is -0.297. The van der Waals surface area contributed by atoms with Crippen molar-refractivity contribution in [2.75, 3.05) is 13.1 Å². The van der Waals surface area contributed by atoms with E-state index >= 15 is 0 Å². The lowest BCUT2D eigenvalue weighted by atomic mass is 9.76. The summed E-state index contributed by atoms with van der Waals surface area (Å²) < 4.78 is 0. The van der Waals surface area contributed by atoms with Crippen LogP contribution in [-0.4, -0.2) is 23.4 Å². The van der Waals surface area contributed by atoms with Crippen molar-refractivity contribution in [1.29, 1.82) is 0 Å². The van der Waals surface area contributed by atoms with Crippen LogP contribution in [0.4, 0.5) is 4.79 Å². The predicted octanol–water partition coefficient (Wildman–Crippen LogP) is 3.10. The Morgan fingerprint density at radius 2 is 2.08 bits per heavy atom. The minimum absolute atomic E-state index is 0.283. The first-order valence-electron chi connectivity index (χ1n) is 4.85. The Hall–Kier alpha value is -0.240. The number of hydrogen-bond donors (Lipinski definition) is 0.